The predicted octanol–water partition coefficient (Wildman–Crippen LogP) is 7.02. The second-order valence-corrected chi connectivity index (χ2v) is 14.0. The molecule has 1 aromatic carbocycles. The Bertz CT molecular complexity index is 1590. The molecule has 8 heteroatoms. The molecule has 2 atom stereocenters. The molecule has 0 bridgehead atoms. The summed E-state index contributed by atoms with van der Waals surface area (Å²) >= 11 is 0. The maximum absolute atomic E-state index is 6.66. The molecule has 1 aliphatic heterocycles. The van der Waals surface area contributed by atoms with Crippen molar-refractivity contribution in [2.75, 3.05) is 12.3 Å². The first kappa shape index (κ1) is 28.9. The van der Waals surface area contributed by atoms with E-state index in [9.17, 15) is 0 Å². The first-order valence-electron chi connectivity index (χ1n) is 15.6. The van der Waals surface area contributed by atoms with Crippen molar-refractivity contribution in [3.63, 3.8) is 0 Å². The highest BCUT2D eigenvalue weighted by Crippen LogP contribution is 2.39. The first-order chi connectivity index (χ1) is 20.0. The summed E-state index contributed by atoms with van der Waals surface area (Å²) in [5, 5.41) is 0.874. The summed E-state index contributed by atoms with van der Waals surface area (Å²) in [5.41, 5.74) is 12.7. The van der Waals surface area contributed by atoms with Crippen LogP contribution in [-0.2, 0) is 16.6 Å². The van der Waals surface area contributed by atoms with Gasteiger partial charge in [-0.25, -0.2) is 15.0 Å². The maximum atomic E-state index is 6.66. The van der Waals surface area contributed by atoms with Crippen LogP contribution in [-0.4, -0.2) is 54.1 Å². The quantitative estimate of drug-likeness (QED) is 0.225. The largest absolute Gasteiger partial charge is 0.383 e. The molecule has 2 aliphatic rings. The minimum absolute atomic E-state index is 0.0497. The van der Waals surface area contributed by atoms with E-state index < -0.39 is 0 Å². The number of rotatable bonds is 9. The maximum Gasteiger partial charge on any atom is 0.148 e. The summed E-state index contributed by atoms with van der Waals surface area (Å²) in [4.78, 5) is 19.9. The third-order valence-electron chi connectivity index (χ3n) is 9.44. The van der Waals surface area contributed by atoms with Gasteiger partial charge in [-0.3, -0.25) is 4.90 Å². The number of nitrogens with one attached hydrogen (secondary N) is 1. The summed E-state index contributed by atoms with van der Waals surface area (Å²) in [7, 11) is 0. The van der Waals surface area contributed by atoms with Crippen molar-refractivity contribution in [3.05, 3.63) is 54.3 Å². The summed E-state index contributed by atoms with van der Waals surface area (Å²) in [6.07, 6.45) is 10.5. The van der Waals surface area contributed by atoms with Crippen LogP contribution in [0.25, 0.3) is 27.6 Å². The minimum atomic E-state index is -0.0497. The standard InChI is InChI=1S/C34H47N7O/c1-20(2)26-18-41(33-31(26)32(35)36-19-37-33)30-13-10-25(42-30)17-40(21(3)4)24-14-22(15-24)8-12-29-38-27-11-9-23(34(5,6)7)16-28(27)39-29/h9,11,16,18-19,21-22,24-25,30H,1,8,10,12-15,17H2,2-7H3,(H,38,39)(H2,35,36,37). The van der Waals surface area contributed by atoms with E-state index in [0.717, 1.165) is 70.8 Å². The number of nitrogens with zero attached hydrogens (tertiary/aromatic N) is 5. The number of aryl methyl sites for hydroxylation is 1. The van der Waals surface area contributed by atoms with E-state index in [4.69, 9.17) is 15.5 Å². The fraction of sp³-hybridized carbons (Fsp3) is 0.559. The van der Waals surface area contributed by atoms with Crippen molar-refractivity contribution in [1.29, 1.82) is 0 Å². The lowest BCUT2D eigenvalue weighted by molar-refractivity contribution is -0.0391. The highest BCUT2D eigenvalue weighted by atomic mass is 16.5. The SMILES string of the molecule is C=C(C)c1cn(C2CCC(CN(C(C)C)C3CC(CCc4nc5ccc(C(C)(C)C)cc5[nH]4)C3)O2)c2ncnc(N)c12. The van der Waals surface area contributed by atoms with Crippen molar-refractivity contribution in [2.45, 2.75) is 110 Å². The molecule has 1 saturated heterocycles. The van der Waals surface area contributed by atoms with Crippen LogP contribution in [0.1, 0.15) is 96.8 Å². The summed E-state index contributed by atoms with van der Waals surface area (Å²) in [5.74, 6) is 2.36. The lowest BCUT2D eigenvalue weighted by Crippen LogP contribution is -2.50. The number of fused-ring (bicyclic) bond motifs is 2. The van der Waals surface area contributed by atoms with Gasteiger partial charge in [-0.2, -0.15) is 0 Å². The van der Waals surface area contributed by atoms with E-state index >= 15 is 0 Å². The summed E-state index contributed by atoms with van der Waals surface area (Å²) in [6, 6.07) is 7.75. The Morgan fingerprint density at radius 2 is 2.00 bits per heavy atom. The van der Waals surface area contributed by atoms with Gasteiger partial charge in [-0.05, 0) is 87.5 Å². The molecule has 224 valence electrons. The molecule has 4 aromatic rings. The molecular weight excluding hydrogens is 522 g/mol. The number of benzene rings is 1. The van der Waals surface area contributed by atoms with Crippen molar-refractivity contribution in [3.8, 4) is 0 Å². The third kappa shape index (κ3) is 5.59. The Labute approximate surface area is 249 Å². The second kappa shape index (κ2) is 11.1. The second-order valence-electron chi connectivity index (χ2n) is 14.0. The van der Waals surface area contributed by atoms with E-state index in [1.165, 1.54) is 31.2 Å². The van der Waals surface area contributed by atoms with Crippen LogP contribution >= 0.6 is 0 Å². The Balaban J connectivity index is 1.04. The lowest BCUT2D eigenvalue weighted by atomic mass is 9.76. The van der Waals surface area contributed by atoms with Crippen LogP contribution < -0.4 is 5.73 Å². The number of nitrogens with two attached hydrogens (primary N) is 1. The van der Waals surface area contributed by atoms with Gasteiger partial charge in [0.1, 0.15) is 29.8 Å². The zero-order valence-electron chi connectivity index (χ0n) is 26.2. The van der Waals surface area contributed by atoms with Gasteiger partial charge in [-0.15, -0.1) is 0 Å². The van der Waals surface area contributed by atoms with Crippen LogP contribution in [0.3, 0.4) is 0 Å². The molecule has 2 unspecified atom stereocenters. The molecule has 42 heavy (non-hydrogen) atoms. The third-order valence-corrected chi connectivity index (χ3v) is 9.44. The smallest absolute Gasteiger partial charge is 0.148 e. The van der Waals surface area contributed by atoms with Crippen LogP contribution in [0.5, 0.6) is 0 Å². The first-order valence-corrected chi connectivity index (χ1v) is 15.6. The molecule has 6 rings (SSSR count). The Morgan fingerprint density at radius 3 is 2.71 bits per heavy atom. The average molecular weight is 570 g/mol. The number of hydrogen-bond donors (Lipinski definition) is 2. The van der Waals surface area contributed by atoms with E-state index in [0.29, 0.717) is 17.9 Å². The van der Waals surface area contributed by atoms with Crippen LogP contribution in [0, 0.1) is 5.92 Å². The van der Waals surface area contributed by atoms with Gasteiger partial charge in [-0.1, -0.05) is 33.4 Å². The number of imidazole rings is 1. The van der Waals surface area contributed by atoms with Crippen molar-refractivity contribution >= 4 is 33.5 Å². The zero-order chi connectivity index (χ0) is 29.8. The number of H-pyrrole nitrogens is 1. The van der Waals surface area contributed by atoms with Gasteiger partial charge in [0.2, 0.25) is 0 Å². The van der Waals surface area contributed by atoms with E-state index in [2.05, 4.69) is 90.0 Å². The summed E-state index contributed by atoms with van der Waals surface area (Å²) in [6.45, 7) is 18.5. The van der Waals surface area contributed by atoms with Crippen molar-refractivity contribution < 1.29 is 4.74 Å². The molecule has 3 N–H and O–H groups in total. The molecule has 1 saturated carbocycles. The Kier molecular flexibility index (Phi) is 7.64. The lowest BCUT2D eigenvalue weighted by Gasteiger charge is -2.46. The highest BCUT2D eigenvalue weighted by molar-refractivity contribution is 5.97. The minimum Gasteiger partial charge on any atom is -0.383 e. The van der Waals surface area contributed by atoms with E-state index in [-0.39, 0.29) is 17.7 Å². The average Bonchev–Trinajstić information content (AvgIpc) is 3.62. The van der Waals surface area contributed by atoms with Gasteiger partial charge in [0.25, 0.3) is 0 Å². The molecule has 2 fully saturated rings. The molecular formula is C34H47N7O. The van der Waals surface area contributed by atoms with Gasteiger partial charge in [0, 0.05) is 36.8 Å². The molecule has 1 aliphatic carbocycles. The zero-order valence-corrected chi connectivity index (χ0v) is 26.2. The molecule has 0 spiro atoms. The molecule has 4 heterocycles. The number of allylic oxidation sites excluding steroid dienone is 1. The summed E-state index contributed by atoms with van der Waals surface area (Å²) < 4.78 is 8.79. The van der Waals surface area contributed by atoms with Gasteiger partial charge in [0.15, 0.2) is 0 Å². The molecule has 0 amide bonds. The van der Waals surface area contributed by atoms with Gasteiger partial charge in [0.05, 0.1) is 22.5 Å². The number of anilines is 1. The molecule has 8 nitrogen and oxygen atoms in total. The van der Waals surface area contributed by atoms with Crippen LogP contribution in [0.4, 0.5) is 5.82 Å². The number of aromatic amines is 1. The van der Waals surface area contributed by atoms with Crippen LogP contribution in [0.2, 0.25) is 0 Å². The van der Waals surface area contributed by atoms with Crippen LogP contribution in [0.15, 0.2) is 37.3 Å². The predicted molar refractivity (Wildman–Crippen MR) is 171 cm³/mol. The van der Waals surface area contributed by atoms with Gasteiger partial charge < -0.3 is 20.0 Å². The van der Waals surface area contributed by atoms with E-state index in [1.54, 1.807) is 0 Å². The fourth-order valence-electron chi connectivity index (χ4n) is 6.89. The normalized spacial score (nSPS) is 23.0. The fourth-order valence-corrected chi connectivity index (χ4v) is 6.89. The van der Waals surface area contributed by atoms with Gasteiger partial charge >= 0.3 is 0 Å². The highest BCUT2D eigenvalue weighted by Gasteiger charge is 2.38. The van der Waals surface area contributed by atoms with Crippen molar-refractivity contribution in [2.24, 2.45) is 5.92 Å². The number of ether oxygens (including phenoxy) is 1. The van der Waals surface area contributed by atoms with E-state index in [1.807, 2.05) is 6.92 Å². The number of aromatic nitrogens is 5. The topological polar surface area (TPSA) is 97.9 Å². The monoisotopic (exact) mass is 569 g/mol. The molecule has 3 aromatic heterocycles. The number of hydrogen-bond acceptors (Lipinski definition) is 6. The Morgan fingerprint density at radius 1 is 1.21 bits per heavy atom. The number of nitrogen functional groups attached to an aromatic ring is 1. The Hall–Kier alpha value is -3.23. The molecule has 0 radical (unpaired) electrons. The van der Waals surface area contributed by atoms with Crippen molar-refractivity contribution in [1.82, 2.24) is 29.4 Å².